The lowest BCUT2D eigenvalue weighted by Crippen LogP contribution is -2.40. The van der Waals surface area contributed by atoms with Gasteiger partial charge in [-0.1, -0.05) is 11.8 Å². The maximum Gasteiger partial charge on any atom is 0.303 e. The molecular weight excluding hydrogens is 272 g/mol. The van der Waals surface area contributed by atoms with Gasteiger partial charge in [0.2, 0.25) is 0 Å². The summed E-state index contributed by atoms with van der Waals surface area (Å²) >= 11 is 1.01. The molecule has 1 aliphatic heterocycles. The monoisotopic (exact) mass is 288 g/mol. The van der Waals surface area contributed by atoms with Crippen molar-refractivity contribution in [3.05, 3.63) is 12.2 Å². The van der Waals surface area contributed by atoms with Gasteiger partial charge in [-0.05, 0) is 12.2 Å². The van der Waals surface area contributed by atoms with Crippen LogP contribution in [-0.2, 0) is 28.6 Å². The standard InChI is InChI=1S/C12H16O6S/c1-7(13)16-6-11-10(17-8(2)14)4-5-12(18-11)19-9(3)15/h4-5,10-12H,6H2,1-3H3/t10-,11+,12?/m0/s1. The molecule has 19 heavy (non-hydrogen) atoms. The first-order valence-electron chi connectivity index (χ1n) is 5.70. The summed E-state index contributed by atoms with van der Waals surface area (Å²) in [5.41, 5.74) is -0.468. The Balaban J connectivity index is 2.68. The number of rotatable bonds is 4. The molecule has 0 fully saturated rings. The molecule has 1 aliphatic rings. The van der Waals surface area contributed by atoms with Gasteiger partial charge < -0.3 is 14.2 Å². The predicted molar refractivity (Wildman–Crippen MR) is 68.3 cm³/mol. The Morgan fingerprint density at radius 2 is 1.84 bits per heavy atom. The first-order valence-corrected chi connectivity index (χ1v) is 6.58. The smallest absolute Gasteiger partial charge is 0.303 e. The molecule has 0 saturated carbocycles. The van der Waals surface area contributed by atoms with Gasteiger partial charge in [0.15, 0.2) is 5.12 Å². The molecule has 1 heterocycles. The molecule has 0 N–H and O–H groups in total. The van der Waals surface area contributed by atoms with E-state index in [1.54, 1.807) is 12.2 Å². The SMILES string of the molecule is CC(=O)OC[C@H]1OC(SC(C)=O)C=C[C@@H]1OC(C)=O. The van der Waals surface area contributed by atoms with Gasteiger partial charge in [-0.25, -0.2) is 0 Å². The van der Waals surface area contributed by atoms with E-state index in [-0.39, 0.29) is 11.7 Å². The lowest BCUT2D eigenvalue weighted by Gasteiger charge is -2.30. The van der Waals surface area contributed by atoms with Crippen LogP contribution >= 0.6 is 11.8 Å². The average Bonchev–Trinajstić information content (AvgIpc) is 2.27. The van der Waals surface area contributed by atoms with Crippen LogP contribution in [0.4, 0.5) is 0 Å². The molecule has 0 spiro atoms. The number of esters is 2. The third-order valence-corrected chi connectivity index (χ3v) is 3.00. The van der Waals surface area contributed by atoms with Crippen molar-refractivity contribution < 1.29 is 28.6 Å². The summed E-state index contributed by atoms with van der Waals surface area (Å²) in [6, 6.07) is 0. The molecule has 0 aromatic carbocycles. The highest BCUT2D eigenvalue weighted by Gasteiger charge is 2.31. The van der Waals surface area contributed by atoms with E-state index in [1.807, 2.05) is 0 Å². The summed E-state index contributed by atoms with van der Waals surface area (Å²) in [6.45, 7) is 3.96. The van der Waals surface area contributed by atoms with E-state index >= 15 is 0 Å². The molecule has 0 aromatic rings. The van der Waals surface area contributed by atoms with Crippen LogP contribution in [0.3, 0.4) is 0 Å². The third-order valence-electron chi connectivity index (χ3n) is 2.17. The normalized spacial score (nSPS) is 25.7. The summed E-state index contributed by atoms with van der Waals surface area (Å²) in [5, 5.41) is -0.0909. The third kappa shape index (κ3) is 5.89. The number of carbonyl (C=O) groups is 3. The molecule has 0 amide bonds. The topological polar surface area (TPSA) is 78.9 Å². The molecule has 1 unspecified atom stereocenters. The van der Waals surface area contributed by atoms with Crippen LogP contribution in [0.5, 0.6) is 0 Å². The Bertz CT molecular complexity index is 392. The van der Waals surface area contributed by atoms with Gasteiger partial charge in [-0.3, -0.25) is 14.4 Å². The summed E-state index contributed by atoms with van der Waals surface area (Å²) in [5.74, 6) is -0.903. The highest BCUT2D eigenvalue weighted by atomic mass is 32.2. The number of hydrogen-bond donors (Lipinski definition) is 0. The van der Waals surface area contributed by atoms with Crippen molar-refractivity contribution >= 4 is 28.8 Å². The average molecular weight is 288 g/mol. The van der Waals surface area contributed by atoms with Crippen LogP contribution in [0.1, 0.15) is 20.8 Å². The number of ether oxygens (including phenoxy) is 3. The summed E-state index contributed by atoms with van der Waals surface area (Å²) in [6.07, 6.45) is 2.04. The van der Waals surface area contributed by atoms with Crippen molar-refractivity contribution in [1.82, 2.24) is 0 Å². The van der Waals surface area contributed by atoms with Crippen LogP contribution in [-0.4, -0.2) is 41.3 Å². The molecule has 7 heteroatoms. The van der Waals surface area contributed by atoms with Crippen molar-refractivity contribution in [2.24, 2.45) is 0 Å². The summed E-state index contributed by atoms with van der Waals surface area (Å²) < 4.78 is 15.5. The first kappa shape index (κ1) is 15.7. The van der Waals surface area contributed by atoms with Crippen molar-refractivity contribution in [1.29, 1.82) is 0 Å². The predicted octanol–water partition coefficient (Wildman–Crippen LogP) is 1.04. The van der Waals surface area contributed by atoms with Gasteiger partial charge in [-0.2, -0.15) is 0 Å². The zero-order valence-corrected chi connectivity index (χ0v) is 11.8. The van der Waals surface area contributed by atoms with E-state index in [1.165, 1.54) is 20.8 Å². The van der Waals surface area contributed by atoms with Crippen LogP contribution in [0.15, 0.2) is 12.2 Å². The van der Waals surface area contributed by atoms with Crippen molar-refractivity contribution in [2.45, 2.75) is 38.4 Å². The van der Waals surface area contributed by atoms with E-state index in [0.29, 0.717) is 0 Å². The molecule has 6 nitrogen and oxygen atoms in total. The van der Waals surface area contributed by atoms with E-state index < -0.39 is 29.6 Å². The van der Waals surface area contributed by atoms with E-state index in [0.717, 1.165) is 11.8 Å². The van der Waals surface area contributed by atoms with E-state index in [2.05, 4.69) is 0 Å². The fourth-order valence-corrected chi connectivity index (χ4v) is 2.19. The van der Waals surface area contributed by atoms with Crippen LogP contribution in [0.25, 0.3) is 0 Å². The molecule has 0 bridgehead atoms. The number of thioether (sulfide) groups is 1. The number of carbonyl (C=O) groups excluding carboxylic acids is 3. The second-order valence-corrected chi connectivity index (χ2v) is 5.19. The summed E-state index contributed by atoms with van der Waals surface area (Å²) in [4.78, 5) is 32.8. The molecule has 106 valence electrons. The molecule has 3 atom stereocenters. The van der Waals surface area contributed by atoms with E-state index in [9.17, 15) is 14.4 Å². The highest BCUT2D eigenvalue weighted by molar-refractivity contribution is 8.14. The minimum absolute atomic E-state index is 0.0351. The molecule has 0 aromatic heterocycles. The van der Waals surface area contributed by atoms with Gasteiger partial charge in [0.1, 0.15) is 24.3 Å². The lowest BCUT2D eigenvalue weighted by atomic mass is 10.1. The Kier molecular flexibility index (Phi) is 6.04. The van der Waals surface area contributed by atoms with Crippen LogP contribution in [0.2, 0.25) is 0 Å². The van der Waals surface area contributed by atoms with Crippen molar-refractivity contribution in [3.8, 4) is 0 Å². The van der Waals surface area contributed by atoms with Crippen molar-refractivity contribution in [2.75, 3.05) is 6.61 Å². The van der Waals surface area contributed by atoms with Crippen LogP contribution in [0, 0.1) is 0 Å². The molecule has 0 aliphatic carbocycles. The van der Waals surface area contributed by atoms with Crippen molar-refractivity contribution in [3.63, 3.8) is 0 Å². The molecular formula is C12H16O6S. The maximum atomic E-state index is 11.0. The van der Waals surface area contributed by atoms with Gasteiger partial charge in [0.25, 0.3) is 0 Å². The Labute approximate surface area is 115 Å². The fourth-order valence-electron chi connectivity index (χ4n) is 1.49. The fraction of sp³-hybridized carbons (Fsp3) is 0.583. The lowest BCUT2D eigenvalue weighted by molar-refractivity contribution is -0.160. The van der Waals surface area contributed by atoms with Crippen LogP contribution < -0.4 is 0 Å². The summed E-state index contributed by atoms with van der Waals surface area (Å²) in [7, 11) is 0. The Hall–Kier alpha value is -1.34. The zero-order valence-electron chi connectivity index (χ0n) is 11.0. The van der Waals surface area contributed by atoms with Gasteiger partial charge in [0, 0.05) is 20.8 Å². The Morgan fingerprint density at radius 1 is 1.16 bits per heavy atom. The van der Waals surface area contributed by atoms with Gasteiger partial charge in [-0.15, -0.1) is 0 Å². The molecule has 0 saturated heterocycles. The first-order chi connectivity index (χ1) is 8.88. The maximum absolute atomic E-state index is 11.0. The zero-order chi connectivity index (χ0) is 14.4. The second kappa shape index (κ2) is 7.30. The Morgan fingerprint density at radius 3 is 2.37 bits per heavy atom. The van der Waals surface area contributed by atoms with Gasteiger partial charge in [0.05, 0.1) is 0 Å². The highest BCUT2D eigenvalue weighted by Crippen LogP contribution is 2.24. The molecule has 0 radical (unpaired) electrons. The largest absolute Gasteiger partial charge is 0.463 e. The quantitative estimate of drug-likeness (QED) is 0.565. The second-order valence-electron chi connectivity index (χ2n) is 3.91. The van der Waals surface area contributed by atoms with E-state index in [4.69, 9.17) is 14.2 Å². The minimum Gasteiger partial charge on any atom is -0.463 e. The molecule has 1 rings (SSSR count). The minimum atomic E-state index is -0.624. The van der Waals surface area contributed by atoms with Gasteiger partial charge >= 0.3 is 11.9 Å². The number of hydrogen-bond acceptors (Lipinski definition) is 7.